The fourth-order valence-electron chi connectivity index (χ4n) is 12.0. The number of likely N-dealkylation sites (tertiary alicyclic amines) is 1. The van der Waals surface area contributed by atoms with Crippen molar-refractivity contribution in [2.24, 2.45) is 51.8 Å². The van der Waals surface area contributed by atoms with E-state index >= 15 is 0 Å². The number of fused-ring (bicyclic) bond motifs is 7. The topological polar surface area (TPSA) is 79.9 Å². The van der Waals surface area contributed by atoms with Crippen LogP contribution in [0.4, 0.5) is 0 Å². The Hall–Kier alpha value is -1.44. The van der Waals surface area contributed by atoms with Gasteiger partial charge in [-0.2, -0.15) is 0 Å². The van der Waals surface area contributed by atoms with Crippen LogP contribution in [0.3, 0.4) is 0 Å². The number of amides is 2. The van der Waals surface area contributed by atoms with Crippen molar-refractivity contribution in [3.63, 3.8) is 0 Å². The lowest BCUT2D eigenvalue weighted by Gasteiger charge is -2.58. The second-order valence-electron chi connectivity index (χ2n) is 16.9. The van der Waals surface area contributed by atoms with Crippen molar-refractivity contribution < 1.29 is 19.1 Å². The van der Waals surface area contributed by atoms with Crippen LogP contribution < -0.4 is 10.6 Å². The van der Waals surface area contributed by atoms with Crippen molar-refractivity contribution in [1.82, 2.24) is 15.5 Å². The van der Waals surface area contributed by atoms with Crippen LogP contribution in [0.1, 0.15) is 91.9 Å². The molecule has 7 nitrogen and oxygen atoms in total. The van der Waals surface area contributed by atoms with Crippen molar-refractivity contribution in [3.8, 4) is 0 Å². The molecule has 2 N–H and O–H groups in total. The second kappa shape index (κ2) is 9.53. The van der Waals surface area contributed by atoms with Gasteiger partial charge in [0, 0.05) is 31.6 Å². The molecule has 2 spiro atoms. The lowest BCUT2D eigenvalue weighted by atomic mass is 9.46. The van der Waals surface area contributed by atoms with Gasteiger partial charge in [-0.1, -0.05) is 39.3 Å². The van der Waals surface area contributed by atoms with Crippen LogP contribution in [-0.2, 0) is 19.1 Å². The summed E-state index contributed by atoms with van der Waals surface area (Å²) in [5.41, 5.74) is 2.30. The first-order valence-electron chi connectivity index (χ1n) is 17.3. The molecule has 0 bridgehead atoms. The number of ether oxygens (including phenoxy) is 2. The Balaban J connectivity index is 0.912. The SMILES string of the molecule is C[C@@H]1CC[C@@]2(NC1)O[C@H]1C[C@H]3[C@@H]4CC=C5CC(NC(=O)CC(=O)N6CC7(COC7)C6)CC[C@]5(C)[C@H]4CC[C@]3(C)[C@H]1[C@@H]2C. The summed E-state index contributed by atoms with van der Waals surface area (Å²) in [5.74, 6) is 4.09. The zero-order chi connectivity index (χ0) is 29.1. The van der Waals surface area contributed by atoms with Gasteiger partial charge in [-0.15, -0.1) is 0 Å². The van der Waals surface area contributed by atoms with E-state index in [4.69, 9.17) is 9.47 Å². The molecule has 4 saturated heterocycles. The molecule has 11 atom stereocenters. The second-order valence-corrected chi connectivity index (χ2v) is 16.9. The molecule has 4 heterocycles. The van der Waals surface area contributed by atoms with E-state index in [0.29, 0.717) is 23.4 Å². The monoisotopic (exact) mass is 579 g/mol. The van der Waals surface area contributed by atoms with Crippen molar-refractivity contribution in [1.29, 1.82) is 0 Å². The summed E-state index contributed by atoms with van der Waals surface area (Å²) in [7, 11) is 0. The quantitative estimate of drug-likeness (QED) is 0.376. The lowest BCUT2D eigenvalue weighted by molar-refractivity contribution is -0.195. The third-order valence-corrected chi connectivity index (χ3v) is 14.5. The largest absolute Gasteiger partial charge is 0.380 e. The molecule has 0 aromatic rings. The highest BCUT2D eigenvalue weighted by Gasteiger charge is 2.68. The number of nitrogens with one attached hydrogen (secondary N) is 2. The molecule has 0 aromatic heterocycles. The van der Waals surface area contributed by atoms with Gasteiger partial charge < -0.3 is 19.7 Å². The van der Waals surface area contributed by atoms with Crippen LogP contribution in [-0.4, -0.2) is 67.4 Å². The molecule has 7 heteroatoms. The predicted molar refractivity (Wildman–Crippen MR) is 160 cm³/mol. The summed E-state index contributed by atoms with van der Waals surface area (Å²) < 4.78 is 12.4. The summed E-state index contributed by atoms with van der Waals surface area (Å²) in [5, 5.41) is 7.15. The average molecular weight is 580 g/mol. The minimum Gasteiger partial charge on any atom is -0.380 e. The molecule has 0 aromatic carbocycles. The van der Waals surface area contributed by atoms with Crippen molar-refractivity contribution >= 4 is 11.8 Å². The molecule has 0 radical (unpaired) electrons. The van der Waals surface area contributed by atoms with Gasteiger partial charge in [0.2, 0.25) is 11.8 Å². The van der Waals surface area contributed by atoms with E-state index < -0.39 is 0 Å². The van der Waals surface area contributed by atoms with Gasteiger partial charge >= 0.3 is 0 Å². The van der Waals surface area contributed by atoms with Gasteiger partial charge in [0.25, 0.3) is 0 Å². The minimum absolute atomic E-state index is 0.0205. The maximum absolute atomic E-state index is 12.9. The van der Waals surface area contributed by atoms with Crippen LogP contribution in [0, 0.1) is 51.8 Å². The number of carbonyl (C=O) groups excluding carboxylic acids is 2. The van der Waals surface area contributed by atoms with E-state index in [1.165, 1.54) is 38.5 Å². The molecule has 42 heavy (non-hydrogen) atoms. The molecule has 3 saturated carbocycles. The Morgan fingerprint density at radius 2 is 1.88 bits per heavy atom. The molecule has 8 rings (SSSR count). The third-order valence-electron chi connectivity index (χ3n) is 14.5. The number of nitrogens with zero attached hydrogens (tertiary/aromatic N) is 1. The van der Waals surface area contributed by atoms with E-state index in [1.54, 1.807) is 5.57 Å². The minimum atomic E-state index is -0.103. The van der Waals surface area contributed by atoms with Gasteiger partial charge in [0.05, 0.1) is 24.7 Å². The highest BCUT2D eigenvalue weighted by molar-refractivity contribution is 5.97. The Morgan fingerprint density at radius 3 is 2.60 bits per heavy atom. The fraction of sp³-hybridized carbons (Fsp3) is 0.886. The summed E-state index contributed by atoms with van der Waals surface area (Å²) in [6.07, 6.45) is 13.6. The van der Waals surface area contributed by atoms with E-state index in [-0.39, 0.29) is 40.8 Å². The van der Waals surface area contributed by atoms with E-state index in [2.05, 4.69) is 44.4 Å². The van der Waals surface area contributed by atoms with Gasteiger partial charge in [-0.25, -0.2) is 0 Å². The van der Waals surface area contributed by atoms with Crippen LogP contribution in [0.25, 0.3) is 0 Å². The first-order valence-corrected chi connectivity index (χ1v) is 17.3. The van der Waals surface area contributed by atoms with E-state index in [0.717, 1.165) is 75.8 Å². The number of carbonyl (C=O) groups is 2. The van der Waals surface area contributed by atoms with Gasteiger partial charge in [-0.3, -0.25) is 14.9 Å². The first-order chi connectivity index (χ1) is 20.0. The molecule has 1 unspecified atom stereocenters. The summed E-state index contributed by atoms with van der Waals surface area (Å²) in [6, 6.07) is 0.153. The number of allylic oxidation sites excluding steroid dienone is 1. The standard InChI is InChI=1S/C35H53N3O4/c1-21-7-12-35(36-16-21)22(2)31-28(42-35)14-27-25-6-5-23-13-24(8-10-32(23,3)26(25)9-11-33(27,31)4)37-29(39)15-30(40)38-17-34(18-38)19-41-20-34/h5,21-22,24-28,31,36H,6-20H2,1-4H3,(H,37,39)/t21-,22+,24?,25-,26+,27+,28+,31+,32+,33+,35-/m1/s1. The zero-order valence-corrected chi connectivity index (χ0v) is 26.4. The predicted octanol–water partition coefficient (Wildman–Crippen LogP) is 4.66. The fourth-order valence-corrected chi connectivity index (χ4v) is 12.0. The number of rotatable bonds is 3. The van der Waals surface area contributed by atoms with Crippen molar-refractivity contribution in [2.75, 3.05) is 32.8 Å². The van der Waals surface area contributed by atoms with Gasteiger partial charge in [0.15, 0.2) is 0 Å². The average Bonchev–Trinajstić information content (AvgIpc) is 3.34. The highest BCUT2D eigenvalue weighted by atomic mass is 16.5. The molecule has 2 amide bonds. The smallest absolute Gasteiger partial charge is 0.232 e. The molecular weight excluding hydrogens is 526 g/mol. The normalized spacial score (nSPS) is 50.1. The number of hydrogen-bond donors (Lipinski definition) is 2. The molecule has 4 aliphatic heterocycles. The van der Waals surface area contributed by atoms with E-state index in [1.807, 2.05) is 4.90 Å². The van der Waals surface area contributed by atoms with Gasteiger partial charge in [-0.05, 0) is 98.2 Å². The van der Waals surface area contributed by atoms with Crippen LogP contribution in [0.5, 0.6) is 0 Å². The van der Waals surface area contributed by atoms with E-state index in [9.17, 15) is 9.59 Å². The van der Waals surface area contributed by atoms with Crippen molar-refractivity contribution in [2.45, 2.75) is 110 Å². The summed E-state index contributed by atoms with van der Waals surface area (Å²) in [6.45, 7) is 14.1. The maximum Gasteiger partial charge on any atom is 0.232 e. The van der Waals surface area contributed by atoms with Gasteiger partial charge in [0.1, 0.15) is 12.1 Å². The first kappa shape index (κ1) is 28.1. The van der Waals surface area contributed by atoms with Crippen LogP contribution >= 0.6 is 0 Å². The maximum atomic E-state index is 12.9. The number of piperidine rings is 1. The molecular formula is C35H53N3O4. The third kappa shape index (κ3) is 4.00. The molecule has 232 valence electrons. The number of hydrogen-bond acceptors (Lipinski definition) is 5. The Kier molecular flexibility index (Phi) is 6.37. The summed E-state index contributed by atoms with van der Waals surface area (Å²) in [4.78, 5) is 27.4. The zero-order valence-electron chi connectivity index (χ0n) is 26.4. The van der Waals surface area contributed by atoms with Crippen LogP contribution in [0.2, 0.25) is 0 Å². The lowest BCUT2D eigenvalue weighted by Crippen LogP contribution is -2.67. The molecule has 8 aliphatic rings. The molecule has 4 aliphatic carbocycles. The molecule has 7 fully saturated rings. The highest BCUT2D eigenvalue weighted by Crippen LogP contribution is 2.70. The Labute approximate surface area is 252 Å². The Bertz CT molecular complexity index is 1160. The summed E-state index contributed by atoms with van der Waals surface area (Å²) >= 11 is 0. The van der Waals surface area contributed by atoms with Crippen LogP contribution in [0.15, 0.2) is 11.6 Å². The van der Waals surface area contributed by atoms with Crippen molar-refractivity contribution in [3.05, 3.63) is 11.6 Å². The Morgan fingerprint density at radius 1 is 1.07 bits per heavy atom.